The lowest BCUT2D eigenvalue weighted by Crippen LogP contribution is -2.50. The molecule has 23 heavy (non-hydrogen) atoms. The second-order valence-electron chi connectivity index (χ2n) is 7.02. The maximum Gasteiger partial charge on any atom is 0.231 e. The summed E-state index contributed by atoms with van der Waals surface area (Å²) < 4.78 is 5.37. The summed E-state index contributed by atoms with van der Waals surface area (Å²) in [5.74, 6) is 0.733. The molecule has 0 aliphatic carbocycles. The molecule has 0 saturated carbocycles. The third-order valence-corrected chi connectivity index (χ3v) is 4.85. The van der Waals surface area contributed by atoms with Crippen molar-refractivity contribution in [3.8, 4) is 0 Å². The first-order valence-electron chi connectivity index (χ1n) is 8.52. The molecule has 0 spiro atoms. The molecule has 0 radical (unpaired) electrons. The highest BCUT2D eigenvalue weighted by molar-refractivity contribution is 5.83. The van der Waals surface area contributed by atoms with Crippen LogP contribution in [0.2, 0.25) is 0 Å². The zero-order valence-corrected chi connectivity index (χ0v) is 14.9. The predicted octanol–water partition coefficient (Wildman–Crippen LogP) is 2.78. The van der Waals surface area contributed by atoms with Crippen LogP contribution in [-0.2, 0) is 16.1 Å². The van der Waals surface area contributed by atoms with Crippen molar-refractivity contribution in [2.75, 3.05) is 33.9 Å². The van der Waals surface area contributed by atoms with E-state index in [4.69, 9.17) is 4.74 Å². The van der Waals surface area contributed by atoms with Gasteiger partial charge >= 0.3 is 0 Å². The van der Waals surface area contributed by atoms with Gasteiger partial charge < -0.3 is 15.0 Å². The Kier molecular flexibility index (Phi) is 6.19. The lowest BCUT2D eigenvalue weighted by Gasteiger charge is -2.38. The lowest BCUT2D eigenvalue weighted by atomic mass is 9.78. The minimum atomic E-state index is -0.368. The highest BCUT2D eigenvalue weighted by Gasteiger charge is 2.41. The molecule has 2 rings (SSSR count). The van der Waals surface area contributed by atoms with Crippen LogP contribution in [0.5, 0.6) is 0 Å². The number of methoxy groups -OCH3 is 1. The van der Waals surface area contributed by atoms with Crippen molar-refractivity contribution in [1.82, 2.24) is 10.2 Å². The fourth-order valence-electron chi connectivity index (χ4n) is 3.36. The van der Waals surface area contributed by atoms with Crippen LogP contribution in [0.25, 0.3) is 0 Å². The first-order chi connectivity index (χ1) is 11.0. The maximum absolute atomic E-state index is 13.0. The zero-order valence-electron chi connectivity index (χ0n) is 14.9. The van der Waals surface area contributed by atoms with Gasteiger partial charge in [-0.3, -0.25) is 4.79 Å². The Balaban J connectivity index is 2.05. The van der Waals surface area contributed by atoms with Crippen molar-refractivity contribution in [2.45, 2.75) is 39.2 Å². The standard InChI is InChI=1S/C19H30N2O2/c1-15(2)17-7-5-16(6-8-17)13-21(3)18(22)19(14-23-4)9-11-20-12-10-19/h5-8,15,20H,9-14H2,1-4H3. The molecule has 1 saturated heterocycles. The summed E-state index contributed by atoms with van der Waals surface area (Å²) in [6.45, 7) is 7.30. The van der Waals surface area contributed by atoms with Gasteiger partial charge in [0.15, 0.2) is 0 Å². The van der Waals surface area contributed by atoms with Gasteiger partial charge in [0.2, 0.25) is 5.91 Å². The van der Waals surface area contributed by atoms with E-state index in [0.717, 1.165) is 25.9 Å². The number of carbonyl (C=O) groups excluding carboxylic acids is 1. The number of rotatable bonds is 6. The SMILES string of the molecule is COCC1(C(=O)N(C)Cc2ccc(C(C)C)cc2)CCNCC1. The maximum atomic E-state index is 13.0. The Morgan fingerprint density at radius 3 is 2.39 bits per heavy atom. The van der Waals surface area contributed by atoms with Gasteiger partial charge in [-0.1, -0.05) is 38.1 Å². The van der Waals surface area contributed by atoms with E-state index in [1.54, 1.807) is 7.11 Å². The first kappa shape index (κ1) is 18.0. The molecule has 128 valence electrons. The summed E-state index contributed by atoms with van der Waals surface area (Å²) in [6, 6.07) is 8.58. The van der Waals surface area contributed by atoms with Crippen LogP contribution in [0.3, 0.4) is 0 Å². The van der Waals surface area contributed by atoms with Crippen LogP contribution in [0.1, 0.15) is 43.7 Å². The van der Waals surface area contributed by atoms with E-state index in [1.807, 2.05) is 11.9 Å². The van der Waals surface area contributed by atoms with Gasteiger partial charge in [-0.05, 0) is 43.0 Å². The van der Waals surface area contributed by atoms with Crippen LogP contribution >= 0.6 is 0 Å². The molecule has 1 heterocycles. The molecule has 0 unspecified atom stereocenters. The van der Waals surface area contributed by atoms with Crippen LogP contribution in [0.4, 0.5) is 0 Å². The number of nitrogens with zero attached hydrogens (tertiary/aromatic N) is 1. The van der Waals surface area contributed by atoms with E-state index >= 15 is 0 Å². The van der Waals surface area contributed by atoms with Gasteiger partial charge in [0.25, 0.3) is 0 Å². The van der Waals surface area contributed by atoms with E-state index in [1.165, 1.54) is 11.1 Å². The number of ether oxygens (including phenoxy) is 1. The topological polar surface area (TPSA) is 41.6 Å². The molecule has 1 aromatic rings. The fraction of sp³-hybridized carbons (Fsp3) is 0.632. The highest BCUT2D eigenvalue weighted by atomic mass is 16.5. The molecule has 0 atom stereocenters. The Hall–Kier alpha value is -1.39. The smallest absolute Gasteiger partial charge is 0.231 e. The van der Waals surface area contributed by atoms with E-state index in [-0.39, 0.29) is 11.3 Å². The van der Waals surface area contributed by atoms with Gasteiger partial charge in [0.1, 0.15) is 0 Å². The number of nitrogens with one attached hydrogen (secondary N) is 1. The molecule has 4 nitrogen and oxygen atoms in total. The highest BCUT2D eigenvalue weighted by Crippen LogP contribution is 2.31. The number of hydrogen-bond acceptors (Lipinski definition) is 3. The average molecular weight is 318 g/mol. The molecule has 1 aliphatic heterocycles. The predicted molar refractivity (Wildman–Crippen MR) is 93.4 cm³/mol. The van der Waals surface area contributed by atoms with Crippen LogP contribution in [0, 0.1) is 5.41 Å². The first-order valence-corrected chi connectivity index (χ1v) is 8.52. The summed E-state index contributed by atoms with van der Waals surface area (Å²) in [5, 5.41) is 3.33. The zero-order chi connectivity index (χ0) is 16.9. The molecule has 1 amide bonds. The number of benzene rings is 1. The van der Waals surface area contributed by atoms with E-state index < -0.39 is 0 Å². The molecule has 1 fully saturated rings. The second kappa shape index (κ2) is 7.93. The van der Waals surface area contributed by atoms with Crippen molar-refractivity contribution in [3.05, 3.63) is 35.4 Å². The van der Waals surface area contributed by atoms with Crippen LogP contribution < -0.4 is 5.32 Å². The Morgan fingerprint density at radius 1 is 1.26 bits per heavy atom. The summed E-state index contributed by atoms with van der Waals surface area (Å²) >= 11 is 0. The van der Waals surface area contributed by atoms with Crippen molar-refractivity contribution in [2.24, 2.45) is 5.41 Å². The quantitative estimate of drug-likeness (QED) is 0.877. The minimum Gasteiger partial charge on any atom is -0.384 e. The van der Waals surface area contributed by atoms with Gasteiger partial charge in [0, 0.05) is 20.7 Å². The van der Waals surface area contributed by atoms with Crippen molar-refractivity contribution in [1.29, 1.82) is 0 Å². The van der Waals surface area contributed by atoms with Crippen LogP contribution in [0.15, 0.2) is 24.3 Å². The normalized spacial score (nSPS) is 17.3. The fourth-order valence-corrected chi connectivity index (χ4v) is 3.36. The number of hydrogen-bond donors (Lipinski definition) is 1. The van der Waals surface area contributed by atoms with Crippen molar-refractivity contribution >= 4 is 5.91 Å². The minimum absolute atomic E-state index is 0.203. The van der Waals surface area contributed by atoms with Gasteiger partial charge in [-0.15, -0.1) is 0 Å². The lowest BCUT2D eigenvalue weighted by molar-refractivity contribution is -0.146. The summed E-state index contributed by atoms with van der Waals surface area (Å²) in [7, 11) is 3.58. The van der Waals surface area contributed by atoms with Crippen LogP contribution in [-0.4, -0.2) is 44.7 Å². The summed E-state index contributed by atoms with van der Waals surface area (Å²) in [4.78, 5) is 14.9. The third kappa shape index (κ3) is 4.33. The number of piperidine rings is 1. The van der Waals surface area contributed by atoms with Gasteiger partial charge in [-0.2, -0.15) is 0 Å². The van der Waals surface area contributed by atoms with Gasteiger partial charge in [0.05, 0.1) is 12.0 Å². The van der Waals surface area contributed by atoms with E-state index in [9.17, 15) is 4.79 Å². The number of carbonyl (C=O) groups is 1. The number of amides is 1. The molecular formula is C19H30N2O2. The van der Waals surface area contributed by atoms with Crippen molar-refractivity contribution in [3.63, 3.8) is 0 Å². The summed E-state index contributed by atoms with van der Waals surface area (Å²) in [5.41, 5.74) is 2.13. The molecule has 4 heteroatoms. The molecule has 1 N–H and O–H groups in total. The third-order valence-electron chi connectivity index (χ3n) is 4.85. The molecule has 1 aliphatic rings. The molecule has 1 aromatic carbocycles. The Morgan fingerprint density at radius 2 is 1.87 bits per heavy atom. The van der Waals surface area contributed by atoms with E-state index in [2.05, 4.69) is 43.4 Å². The van der Waals surface area contributed by atoms with E-state index in [0.29, 0.717) is 19.1 Å². The molecule has 0 bridgehead atoms. The molecule has 0 aromatic heterocycles. The Labute approximate surface area is 140 Å². The largest absolute Gasteiger partial charge is 0.384 e. The van der Waals surface area contributed by atoms with Crippen molar-refractivity contribution < 1.29 is 9.53 Å². The summed E-state index contributed by atoms with van der Waals surface area (Å²) in [6.07, 6.45) is 1.69. The molecular weight excluding hydrogens is 288 g/mol. The average Bonchev–Trinajstić information content (AvgIpc) is 2.55. The second-order valence-corrected chi connectivity index (χ2v) is 7.02. The Bertz CT molecular complexity index is 499. The van der Waals surface area contributed by atoms with Gasteiger partial charge in [-0.25, -0.2) is 0 Å². The monoisotopic (exact) mass is 318 g/mol.